The molecule has 0 radical (unpaired) electrons. The van der Waals surface area contributed by atoms with Crippen LogP contribution in [0.15, 0.2) is 12.1 Å². The smallest absolute Gasteiger partial charge is 0.151 e. The molecule has 1 aromatic rings. The number of hydrogen-bond donors (Lipinski definition) is 2. The van der Waals surface area contributed by atoms with Crippen molar-refractivity contribution in [3.8, 4) is 0 Å². The fraction of sp³-hybridized carbons (Fsp3) is 0.636. The van der Waals surface area contributed by atoms with Crippen LogP contribution in [0.5, 0.6) is 0 Å². The Bertz CT molecular complexity index is 355. The first kappa shape index (κ1) is 11.3. The number of aliphatic hydroxyl groups is 2. The second-order valence-corrected chi connectivity index (χ2v) is 4.44. The van der Waals surface area contributed by atoms with E-state index in [1.54, 1.807) is 0 Å². The minimum absolute atomic E-state index is 0.206. The summed E-state index contributed by atoms with van der Waals surface area (Å²) in [6.07, 6.45) is 1.49. The topological polar surface area (TPSA) is 69.5 Å². The monoisotopic (exact) mass is 223 g/mol. The van der Waals surface area contributed by atoms with Gasteiger partial charge in [-0.15, -0.1) is 5.10 Å². The van der Waals surface area contributed by atoms with Crippen LogP contribution in [0.2, 0.25) is 0 Å². The Morgan fingerprint density at radius 3 is 2.88 bits per heavy atom. The van der Waals surface area contributed by atoms with Crippen molar-refractivity contribution in [3.05, 3.63) is 17.8 Å². The number of nitrogens with zero attached hydrogens (tertiary/aromatic N) is 3. The van der Waals surface area contributed by atoms with Gasteiger partial charge in [0.1, 0.15) is 5.60 Å². The van der Waals surface area contributed by atoms with Gasteiger partial charge in [-0.3, -0.25) is 0 Å². The largest absolute Gasteiger partial charge is 0.393 e. The van der Waals surface area contributed by atoms with E-state index in [2.05, 4.69) is 10.2 Å². The molecule has 1 saturated heterocycles. The molecule has 1 fully saturated rings. The second kappa shape index (κ2) is 4.35. The van der Waals surface area contributed by atoms with E-state index < -0.39 is 5.60 Å². The third-order valence-electron chi connectivity index (χ3n) is 2.96. The highest BCUT2D eigenvalue weighted by molar-refractivity contribution is 5.38. The lowest BCUT2D eigenvalue weighted by molar-refractivity contribution is -0.0242. The molecule has 5 heteroatoms. The predicted molar refractivity (Wildman–Crippen MR) is 60.3 cm³/mol. The summed E-state index contributed by atoms with van der Waals surface area (Å²) in [5.74, 6) is 0.761. The average molecular weight is 223 g/mol. The van der Waals surface area contributed by atoms with Gasteiger partial charge >= 0.3 is 0 Å². The van der Waals surface area contributed by atoms with E-state index in [1.807, 2.05) is 24.0 Å². The van der Waals surface area contributed by atoms with Crippen LogP contribution < -0.4 is 4.90 Å². The van der Waals surface area contributed by atoms with Crippen molar-refractivity contribution in [2.75, 3.05) is 24.6 Å². The molecule has 5 nitrogen and oxygen atoms in total. The van der Waals surface area contributed by atoms with Gasteiger partial charge in [-0.25, -0.2) is 0 Å². The van der Waals surface area contributed by atoms with Crippen molar-refractivity contribution >= 4 is 5.82 Å². The Hall–Kier alpha value is -1.20. The fourth-order valence-electron chi connectivity index (χ4n) is 2.00. The molecular formula is C11H17N3O2. The molecule has 16 heavy (non-hydrogen) atoms. The van der Waals surface area contributed by atoms with E-state index in [-0.39, 0.29) is 6.61 Å². The van der Waals surface area contributed by atoms with Crippen LogP contribution in [0, 0.1) is 6.92 Å². The van der Waals surface area contributed by atoms with Crippen LogP contribution in [-0.4, -0.2) is 45.7 Å². The van der Waals surface area contributed by atoms with Crippen molar-refractivity contribution in [1.82, 2.24) is 10.2 Å². The number of rotatable bonds is 2. The molecule has 1 aliphatic rings. The number of hydrogen-bond acceptors (Lipinski definition) is 5. The lowest BCUT2D eigenvalue weighted by Gasteiger charge is -2.38. The zero-order chi connectivity index (χ0) is 11.6. The molecule has 2 rings (SSSR count). The summed E-state index contributed by atoms with van der Waals surface area (Å²) in [6.45, 7) is 2.95. The molecule has 2 heterocycles. The maximum atomic E-state index is 10.0. The van der Waals surface area contributed by atoms with Crippen molar-refractivity contribution in [3.63, 3.8) is 0 Å². The summed E-state index contributed by atoms with van der Waals surface area (Å²) in [6, 6.07) is 3.79. The molecule has 1 aliphatic heterocycles. The van der Waals surface area contributed by atoms with Gasteiger partial charge < -0.3 is 15.1 Å². The Balaban J connectivity index is 2.12. The average Bonchev–Trinajstić information content (AvgIpc) is 2.30. The van der Waals surface area contributed by atoms with Crippen molar-refractivity contribution in [2.45, 2.75) is 25.4 Å². The molecule has 0 amide bonds. The molecule has 0 saturated carbocycles. The number of aryl methyl sites for hydroxylation is 1. The number of aliphatic hydroxyl groups excluding tert-OH is 1. The summed E-state index contributed by atoms with van der Waals surface area (Å²) in [7, 11) is 0. The summed E-state index contributed by atoms with van der Waals surface area (Å²) in [5, 5.41) is 27.2. The Kier molecular flexibility index (Phi) is 3.07. The third kappa shape index (κ3) is 2.31. The molecule has 0 aliphatic carbocycles. The highest BCUT2D eigenvalue weighted by Crippen LogP contribution is 2.23. The first-order valence-corrected chi connectivity index (χ1v) is 5.51. The number of piperidine rings is 1. The summed E-state index contributed by atoms with van der Waals surface area (Å²) in [5.41, 5.74) is -0.122. The maximum Gasteiger partial charge on any atom is 0.151 e. The summed E-state index contributed by atoms with van der Waals surface area (Å²) >= 11 is 0. The minimum atomic E-state index is -0.995. The minimum Gasteiger partial charge on any atom is -0.393 e. The van der Waals surface area contributed by atoms with Gasteiger partial charge in [0, 0.05) is 6.54 Å². The zero-order valence-corrected chi connectivity index (χ0v) is 9.43. The van der Waals surface area contributed by atoms with Crippen LogP contribution in [0.4, 0.5) is 5.82 Å². The van der Waals surface area contributed by atoms with Crippen LogP contribution in [0.3, 0.4) is 0 Å². The molecule has 1 aromatic heterocycles. The van der Waals surface area contributed by atoms with E-state index >= 15 is 0 Å². The van der Waals surface area contributed by atoms with Crippen LogP contribution in [-0.2, 0) is 0 Å². The molecular weight excluding hydrogens is 206 g/mol. The molecule has 1 unspecified atom stereocenters. The molecule has 88 valence electrons. The first-order chi connectivity index (χ1) is 7.63. The normalized spacial score (nSPS) is 25.8. The van der Waals surface area contributed by atoms with E-state index in [0.29, 0.717) is 13.0 Å². The maximum absolute atomic E-state index is 10.0. The van der Waals surface area contributed by atoms with Crippen molar-refractivity contribution < 1.29 is 10.2 Å². The fourth-order valence-corrected chi connectivity index (χ4v) is 2.00. The van der Waals surface area contributed by atoms with E-state index in [9.17, 15) is 5.11 Å². The molecule has 0 spiro atoms. The van der Waals surface area contributed by atoms with Crippen LogP contribution in [0.25, 0.3) is 0 Å². The summed E-state index contributed by atoms with van der Waals surface area (Å²) in [4.78, 5) is 1.96. The molecule has 0 aromatic carbocycles. The highest BCUT2D eigenvalue weighted by Gasteiger charge is 2.33. The molecule has 2 N–H and O–H groups in total. The van der Waals surface area contributed by atoms with Gasteiger partial charge in [-0.2, -0.15) is 5.10 Å². The summed E-state index contributed by atoms with van der Waals surface area (Å²) < 4.78 is 0. The standard InChI is InChI=1S/C11H17N3O2/c1-9-3-4-10(13-12-9)14-6-2-5-11(16,7-14)8-15/h3-4,15-16H,2,5-8H2,1H3. The van der Waals surface area contributed by atoms with Gasteiger partial charge in [0.05, 0.1) is 18.8 Å². The van der Waals surface area contributed by atoms with Crippen LogP contribution >= 0.6 is 0 Å². The quantitative estimate of drug-likeness (QED) is 0.744. The molecule has 0 bridgehead atoms. The highest BCUT2D eigenvalue weighted by atomic mass is 16.3. The van der Waals surface area contributed by atoms with Crippen molar-refractivity contribution in [2.24, 2.45) is 0 Å². The number of β-amino-alcohol motifs (C(OH)–C–C–N with tert-alkyl or cyclic N) is 1. The lowest BCUT2D eigenvalue weighted by Crippen LogP contribution is -2.50. The van der Waals surface area contributed by atoms with Crippen molar-refractivity contribution in [1.29, 1.82) is 0 Å². The number of aromatic nitrogens is 2. The van der Waals surface area contributed by atoms with Gasteiger partial charge in [0.2, 0.25) is 0 Å². The molecule has 1 atom stereocenters. The van der Waals surface area contributed by atoms with Gasteiger partial charge in [0.25, 0.3) is 0 Å². The predicted octanol–water partition coefficient (Wildman–Crippen LogP) is 0.109. The third-order valence-corrected chi connectivity index (χ3v) is 2.96. The zero-order valence-electron chi connectivity index (χ0n) is 9.43. The first-order valence-electron chi connectivity index (χ1n) is 5.51. The Morgan fingerprint density at radius 1 is 1.44 bits per heavy atom. The lowest BCUT2D eigenvalue weighted by atomic mass is 9.94. The SMILES string of the molecule is Cc1ccc(N2CCCC(O)(CO)C2)nn1. The van der Waals surface area contributed by atoms with E-state index in [1.165, 1.54) is 0 Å². The Morgan fingerprint density at radius 2 is 2.25 bits per heavy atom. The number of anilines is 1. The van der Waals surface area contributed by atoms with Gasteiger partial charge in [0.15, 0.2) is 5.82 Å². The van der Waals surface area contributed by atoms with Gasteiger partial charge in [-0.05, 0) is 31.9 Å². The van der Waals surface area contributed by atoms with E-state index in [0.717, 1.165) is 24.5 Å². The van der Waals surface area contributed by atoms with E-state index in [4.69, 9.17) is 5.11 Å². The van der Waals surface area contributed by atoms with Crippen LogP contribution in [0.1, 0.15) is 18.5 Å². The van der Waals surface area contributed by atoms with Gasteiger partial charge in [-0.1, -0.05) is 0 Å². The Labute approximate surface area is 94.7 Å². The second-order valence-electron chi connectivity index (χ2n) is 4.44.